The van der Waals surface area contributed by atoms with Gasteiger partial charge in [-0.25, -0.2) is 9.13 Å². The number of fused-ring (bicyclic) bond motifs is 1. The van der Waals surface area contributed by atoms with Gasteiger partial charge in [-0.15, -0.1) is 0 Å². The molecule has 0 N–H and O–H groups in total. The van der Waals surface area contributed by atoms with Crippen LogP contribution >= 0.6 is 0 Å². The van der Waals surface area contributed by atoms with Gasteiger partial charge in [-0.05, 0) is 37.0 Å². The van der Waals surface area contributed by atoms with Crippen molar-refractivity contribution in [3.8, 4) is 0 Å². The van der Waals surface area contributed by atoms with Gasteiger partial charge in [0.25, 0.3) is 0 Å². The van der Waals surface area contributed by atoms with Gasteiger partial charge in [0.2, 0.25) is 6.33 Å². The number of nitrogens with zero attached hydrogens (tertiary/aromatic N) is 2. The maximum Gasteiger partial charge on any atom is 0.246 e. The molecule has 2 aromatic carbocycles. The quantitative estimate of drug-likeness (QED) is 0.417. The Labute approximate surface area is 156 Å². The maximum absolute atomic E-state index is 5.92. The molecule has 0 radical (unpaired) electrons. The van der Waals surface area contributed by atoms with E-state index in [9.17, 15) is 0 Å². The van der Waals surface area contributed by atoms with Crippen molar-refractivity contribution in [3.05, 3.63) is 66.5 Å². The number of benzene rings is 2. The van der Waals surface area contributed by atoms with Gasteiger partial charge < -0.3 is 17.1 Å². The van der Waals surface area contributed by atoms with Crippen molar-refractivity contribution >= 4 is 11.0 Å². The predicted molar refractivity (Wildman–Crippen MR) is 97.8 cm³/mol. The maximum atomic E-state index is 5.92. The molecule has 0 aliphatic heterocycles. The number of ether oxygens (including phenoxy) is 1. The Morgan fingerprint density at radius 2 is 1.72 bits per heavy atom. The minimum Gasteiger partial charge on any atom is -1.00 e. The Kier molecular flexibility index (Phi) is 7.96. The Balaban J connectivity index is 0.00000225. The van der Waals surface area contributed by atoms with E-state index in [1.807, 2.05) is 0 Å². The van der Waals surface area contributed by atoms with E-state index < -0.39 is 0 Å². The van der Waals surface area contributed by atoms with Crippen LogP contribution in [0.1, 0.15) is 31.7 Å². The molecule has 0 saturated carbocycles. The molecule has 0 saturated heterocycles. The molecular formula is C21H27ClN2O. The van der Waals surface area contributed by atoms with Crippen molar-refractivity contribution in [1.29, 1.82) is 0 Å². The molecule has 0 aliphatic carbocycles. The third-order valence-corrected chi connectivity index (χ3v) is 4.36. The largest absolute Gasteiger partial charge is 1.00 e. The lowest BCUT2D eigenvalue weighted by Gasteiger charge is -2.03. The lowest BCUT2D eigenvalue weighted by atomic mass is 10.1. The summed E-state index contributed by atoms with van der Waals surface area (Å²) in [6.45, 7) is 4.71. The lowest BCUT2D eigenvalue weighted by Crippen LogP contribution is -3.00. The molecule has 3 nitrogen and oxygen atoms in total. The van der Waals surface area contributed by atoms with Gasteiger partial charge in [-0.3, -0.25) is 0 Å². The highest BCUT2D eigenvalue weighted by atomic mass is 35.5. The van der Waals surface area contributed by atoms with Crippen LogP contribution in [-0.4, -0.2) is 11.2 Å². The van der Waals surface area contributed by atoms with E-state index in [4.69, 9.17) is 4.74 Å². The van der Waals surface area contributed by atoms with Crippen LogP contribution in [0, 0.1) is 0 Å². The van der Waals surface area contributed by atoms with E-state index in [0.717, 1.165) is 26.0 Å². The van der Waals surface area contributed by atoms with E-state index in [1.54, 1.807) is 0 Å². The Hall–Kier alpha value is -1.84. The zero-order chi connectivity index (χ0) is 16.6. The van der Waals surface area contributed by atoms with Crippen molar-refractivity contribution in [1.82, 2.24) is 4.57 Å². The van der Waals surface area contributed by atoms with Crippen molar-refractivity contribution in [2.45, 2.75) is 45.9 Å². The van der Waals surface area contributed by atoms with Crippen LogP contribution in [0.15, 0.2) is 60.9 Å². The van der Waals surface area contributed by atoms with Crippen LogP contribution in [-0.2, 0) is 24.4 Å². The summed E-state index contributed by atoms with van der Waals surface area (Å²) in [5.74, 6) is 0. The summed E-state index contributed by atoms with van der Waals surface area (Å²) in [7, 11) is 0. The van der Waals surface area contributed by atoms with E-state index >= 15 is 0 Å². The van der Waals surface area contributed by atoms with Crippen molar-refractivity contribution in [3.63, 3.8) is 0 Å². The molecule has 3 rings (SSSR count). The normalized spacial score (nSPS) is 10.8. The zero-order valence-electron chi connectivity index (χ0n) is 14.9. The van der Waals surface area contributed by atoms with Crippen LogP contribution in [0.4, 0.5) is 0 Å². The highest BCUT2D eigenvalue weighted by Gasteiger charge is 2.14. The molecule has 4 heteroatoms. The standard InChI is InChI=1S/C21H27N2O.ClH/c1-2-3-15-22-17-23(21-14-8-7-13-20(21)22)18-24-16-9-12-19-10-5-4-6-11-19;/h4-8,10-11,13-14,17H,2-3,9,12,15-16,18H2,1H3;1H/q+1;/p-1. The summed E-state index contributed by atoms with van der Waals surface area (Å²) in [6.07, 6.45) is 6.74. The van der Waals surface area contributed by atoms with E-state index in [0.29, 0.717) is 6.73 Å². The number of para-hydroxylation sites is 2. The molecule has 0 amide bonds. The molecule has 0 aliphatic rings. The van der Waals surface area contributed by atoms with Gasteiger partial charge in [0.05, 0.1) is 13.2 Å². The smallest absolute Gasteiger partial charge is 0.246 e. The highest BCUT2D eigenvalue weighted by Crippen LogP contribution is 2.12. The van der Waals surface area contributed by atoms with Gasteiger partial charge in [0.1, 0.15) is 0 Å². The molecule has 0 unspecified atom stereocenters. The molecule has 0 atom stereocenters. The summed E-state index contributed by atoms with van der Waals surface area (Å²) in [5.41, 5.74) is 3.92. The molecular weight excluding hydrogens is 332 g/mol. The van der Waals surface area contributed by atoms with Gasteiger partial charge in [-0.2, -0.15) is 0 Å². The van der Waals surface area contributed by atoms with Crippen molar-refractivity contribution in [2.24, 2.45) is 0 Å². The Bertz CT molecular complexity index is 755. The molecule has 0 bridgehead atoms. The highest BCUT2D eigenvalue weighted by molar-refractivity contribution is 5.71. The van der Waals surface area contributed by atoms with Gasteiger partial charge >= 0.3 is 0 Å². The fourth-order valence-electron chi connectivity index (χ4n) is 3.04. The number of aryl methyl sites for hydroxylation is 2. The first-order chi connectivity index (χ1) is 11.9. The second kappa shape index (κ2) is 10.2. The summed E-state index contributed by atoms with van der Waals surface area (Å²) in [6, 6.07) is 19.2. The lowest BCUT2D eigenvalue weighted by molar-refractivity contribution is -0.710. The van der Waals surface area contributed by atoms with Crippen LogP contribution in [0.25, 0.3) is 11.0 Å². The molecule has 25 heavy (non-hydrogen) atoms. The monoisotopic (exact) mass is 358 g/mol. The average Bonchev–Trinajstić information content (AvgIpc) is 2.99. The third-order valence-electron chi connectivity index (χ3n) is 4.36. The fourth-order valence-corrected chi connectivity index (χ4v) is 3.04. The summed E-state index contributed by atoms with van der Waals surface area (Å²) in [5, 5.41) is 0. The topological polar surface area (TPSA) is 18.0 Å². The van der Waals surface area contributed by atoms with Crippen molar-refractivity contribution in [2.75, 3.05) is 6.61 Å². The Morgan fingerprint density at radius 3 is 2.52 bits per heavy atom. The number of rotatable bonds is 9. The third kappa shape index (κ3) is 5.32. The summed E-state index contributed by atoms with van der Waals surface area (Å²) < 4.78 is 10.5. The molecule has 0 fully saturated rings. The molecule has 134 valence electrons. The minimum atomic E-state index is 0. The van der Waals surface area contributed by atoms with Gasteiger partial charge in [0.15, 0.2) is 17.8 Å². The first-order valence-corrected chi connectivity index (χ1v) is 8.97. The van der Waals surface area contributed by atoms with Gasteiger partial charge in [0, 0.05) is 0 Å². The molecule has 1 heterocycles. The molecule has 3 aromatic rings. The minimum absolute atomic E-state index is 0. The number of hydrogen-bond donors (Lipinski definition) is 0. The van der Waals surface area contributed by atoms with Crippen LogP contribution in [0.2, 0.25) is 0 Å². The van der Waals surface area contributed by atoms with Crippen LogP contribution in [0.5, 0.6) is 0 Å². The van der Waals surface area contributed by atoms with Gasteiger partial charge in [-0.1, -0.05) is 55.8 Å². The van der Waals surface area contributed by atoms with Crippen LogP contribution < -0.4 is 17.0 Å². The number of aromatic nitrogens is 2. The number of unbranched alkanes of at least 4 members (excludes halogenated alkanes) is 1. The second-order valence-corrected chi connectivity index (χ2v) is 6.25. The average molecular weight is 359 g/mol. The summed E-state index contributed by atoms with van der Waals surface area (Å²) >= 11 is 0. The second-order valence-electron chi connectivity index (χ2n) is 6.25. The first kappa shape index (κ1) is 19.5. The number of halogens is 1. The summed E-state index contributed by atoms with van der Waals surface area (Å²) in [4.78, 5) is 0. The SMILES string of the molecule is CCCCn1c[n+](COCCCc2ccccc2)c2ccccc21.[Cl-]. The first-order valence-electron chi connectivity index (χ1n) is 8.97. The van der Waals surface area contributed by atoms with E-state index in [2.05, 4.69) is 77.0 Å². The number of imidazole rings is 1. The molecule has 0 spiro atoms. The van der Waals surface area contributed by atoms with Crippen LogP contribution in [0.3, 0.4) is 0 Å². The van der Waals surface area contributed by atoms with E-state index in [1.165, 1.54) is 29.4 Å². The predicted octanol–water partition coefficient (Wildman–Crippen LogP) is 1.34. The van der Waals surface area contributed by atoms with E-state index in [-0.39, 0.29) is 12.4 Å². The zero-order valence-corrected chi connectivity index (χ0v) is 15.7. The molecule has 1 aromatic heterocycles. The number of hydrogen-bond acceptors (Lipinski definition) is 1. The fraction of sp³-hybridized carbons (Fsp3) is 0.381. The van der Waals surface area contributed by atoms with Crippen molar-refractivity contribution < 1.29 is 21.7 Å². The Morgan fingerprint density at radius 1 is 0.960 bits per heavy atom.